The van der Waals surface area contributed by atoms with E-state index in [0.29, 0.717) is 17.4 Å². The molecule has 2 aliphatic rings. The summed E-state index contributed by atoms with van der Waals surface area (Å²) in [5, 5.41) is 7.79. The maximum absolute atomic E-state index is 13.3. The molecule has 0 unspecified atom stereocenters. The number of amides is 1. The lowest BCUT2D eigenvalue weighted by molar-refractivity contribution is 0.0937. The molecule has 0 saturated heterocycles. The van der Waals surface area contributed by atoms with E-state index in [1.54, 1.807) is 24.2 Å². The van der Waals surface area contributed by atoms with Crippen LogP contribution in [0.1, 0.15) is 45.9 Å². The highest BCUT2D eigenvalue weighted by Gasteiger charge is 2.34. The number of methoxy groups -OCH3 is 1. The Morgan fingerprint density at radius 2 is 1.76 bits per heavy atom. The summed E-state index contributed by atoms with van der Waals surface area (Å²) in [6, 6.07) is 18.1. The van der Waals surface area contributed by atoms with Gasteiger partial charge in [0.1, 0.15) is 5.75 Å². The first-order valence-electron chi connectivity index (χ1n) is 11.6. The summed E-state index contributed by atoms with van der Waals surface area (Å²) in [6.45, 7) is 0. The van der Waals surface area contributed by atoms with Crippen LogP contribution in [-0.2, 0) is 12.8 Å². The molecule has 0 aliphatic heterocycles. The first-order valence-corrected chi connectivity index (χ1v) is 11.6. The van der Waals surface area contributed by atoms with Gasteiger partial charge in [0.15, 0.2) is 0 Å². The molecule has 170 valence electrons. The number of hydrogen-bond acceptors (Lipinski definition) is 5. The molecule has 1 fully saturated rings. The lowest BCUT2D eigenvalue weighted by Crippen LogP contribution is -2.35. The number of para-hydroxylation sites is 1. The van der Waals surface area contributed by atoms with Gasteiger partial charge in [0.2, 0.25) is 0 Å². The minimum Gasteiger partial charge on any atom is -0.496 e. The van der Waals surface area contributed by atoms with Gasteiger partial charge in [-0.15, -0.1) is 0 Å². The van der Waals surface area contributed by atoms with E-state index in [1.807, 2.05) is 30.3 Å². The first-order chi connectivity index (χ1) is 16.7. The molecule has 1 saturated carbocycles. The van der Waals surface area contributed by atoms with Crippen molar-refractivity contribution < 1.29 is 9.53 Å². The molecule has 1 amide bonds. The van der Waals surface area contributed by atoms with Crippen LogP contribution in [0.3, 0.4) is 0 Å². The number of carbonyl (C=O) groups excluding carboxylic acids is 1. The summed E-state index contributed by atoms with van der Waals surface area (Å²) < 4.78 is 7.23. The van der Waals surface area contributed by atoms with E-state index >= 15 is 0 Å². The molecule has 2 aromatic heterocycles. The van der Waals surface area contributed by atoms with Crippen molar-refractivity contribution in [1.82, 2.24) is 25.1 Å². The Balaban J connectivity index is 1.30. The Morgan fingerprint density at radius 3 is 2.50 bits per heavy atom. The van der Waals surface area contributed by atoms with Crippen LogP contribution in [-0.4, -0.2) is 38.8 Å². The fourth-order valence-electron chi connectivity index (χ4n) is 4.82. The minimum atomic E-state index is -0.0770. The first kappa shape index (κ1) is 20.6. The van der Waals surface area contributed by atoms with Gasteiger partial charge < -0.3 is 10.1 Å². The predicted molar refractivity (Wildman–Crippen MR) is 128 cm³/mol. The van der Waals surface area contributed by atoms with E-state index in [4.69, 9.17) is 9.72 Å². The Morgan fingerprint density at radius 1 is 1.03 bits per heavy atom. The van der Waals surface area contributed by atoms with Crippen LogP contribution in [0, 0.1) is 0 Å². The Kier molecular flexibility index (Phi) is 5.09. The molecule has 34 heavy (non-hydrogen) atoms. The van der Waals surface area contributed by atoms with Gasteiger partial charge in [0.05, 0.1) is 30.3 Å². The molecule has 2 heterocycles. The lowest BCUT2D eigenvalue weighted by atomic mass is 10.1. The van der Waals surface area contributed by atoms with Crippen LogP contribution in [0.25, 0.3) is 17.2 Å². The fourth-order valence-corrected chi connectivity index (χ4v) is 4.82. The molecule has 0 radical (unpaired) electrons. The smallest absolute Gasteiger partial charge is 0.255 e. The quantitative estimate of drug-likeness (QED) is 0.477. The summed E-state index contributed by atoms with van der Waals surface area (Å²) >= 11 is 0. The SMILES string of the molecule is COc1ccccc1-c1ccnc(-n2ncc(C(=O)NC3Cc4ccccc4C3)c2C2CC2)n1. The van der Waals surface area contributed by atoms with Crippen molar-refractivity contribution in [3.63, 3.8) is 0 Å². The van der Waals surface area contributed by atoms with Crippen molar-refractivity contribution in [2.24, 2.45) is 0 Å². The topological polar surface area (TPSA) is 81.9 Å². The van der Waals surface area contributed by atoms with Gasteiger partial charge in [-0.1, -0.05) is 36.4 Å². The molecule has 7 nitrogen and oxygen atoms in total. The van der Waals surface area contributed by atoms with Crippen molar-refractivity contribution in [2.45, 2.75) is 37.6 Å². The maximum Gasteiger partial charge on any atom is 0.255 e. The van der Waals surface area contributed by atoms with Gasteiger partial charge in [-0.3, -0.25) is 4.79 Å². The largest absolute Gasteiger partial charge is 0.496 e. The molecular formula is C27H25N5O2. The molecule has 6 rings (SSSR count). The Hall–Kier alpha value is -4.00. The highest BCUT2D eigenvalue weighted by atomic mass is 16.5. The van der Waals surface area contributed by atoms with Crippen molar-refractivity contribution >= 4 is 5.91 Å². The zero-order valence-corrected chi connectivity index (χ0v) is 18.9. The van der Waals surface area contributed by atoms with E-state index in [1.165, 1.54) is 11.1 Å². The molecule has 0 spiro atoms. The zero-order chi connectivity index (χ0) is 23.1. The number of carbonyl (C=O) groups is 1. The van der Waals surface area contributed by atoms with Crippen molar-refractivity contribution in [2.75, 3.05) is 7.11 Å². The summed E-state index contributed by atoms with van der Waals surface area (Å²) in [4.78, 5) is 22.6. The van der Waals surface area contributed by atoms with Gasteiger partial charge in [-0.2, -0.15) is 5.10 Å². The minimum absolute atomic E-state index is 0.0770. The lowest BCUT2D eigenvalue weighted by Gasteiger charge is -2.13. The molecule has 1 N–H and O–H groups in total. The predicted octanol–water partition coefficient (Wildman–Crippen LogP) is 4.11. The van der Waals surface area contributed by atoms with Crippen LogP contribution in [0.5, 0.6) is 5.75 Å². The number of fused-ring (bicyclic) bond motifs is 1. The van der Waals surface area contributed by atoms with Gasteiger partial charge >= 0.3 is 0 Å². The van der Waals surface area contributed by atoms with Gasteiger partial charge in [-0.25, -0.2) is 14.6 Å². The van der Waals surface area contributed by atoms with E-state index in [0.717, 1.165) is 48.4 Å². The third kappa shape index (κ3) is 3.73. The van der Waals surface area contributed by atoms with E-state index in [2.05, 4.69) is 39.7 Å². The second-order valence-electron chi connectivity index (χ2n) is 8.92. The molecule has 0 bridgehead atoms. The van der Waals surface area contributed by atoms with E-state index in [-0.39, 0.29) is 11.9 Å². The number of ether oxygens (including phenoxy) is 1. The van der Waals surface area contributed by atoms with Crippen molar-refractivity contribution in [1.29, 1.82) is 0 Å². The monoisotopic (exact) mass is 451 g/mol. The normalized spacial score (nSPS) is 15.2. The van der Waals surface area contributed by atoms with Gasteiger partial charge in [-0.05, 0) is 55.0 Å². The summed E-state index contributed by atoms with van der Waals surface area (Å²) in [6.07, 6.45) is 7.17. The number of rotatable bonds is 6. The van der Waals surface area contributed by atoms with Crippen LogP contribution in [0.15, 0.2) is 67.0 Å². The average Bonchev–Trinajstić information content (AvgIpc) is 3.47. The molecule has 7 heteroatoms. The Bertz CT molecular complexity index is 1350. The molecule has 2 aromatic carbocycles. The molecule has 2 aliphatic carbocycles. The fraction of sp³-hybridized carbons (Fsp3) is 0.259. The van der Waals surface area contributed by atoms with Crippen LogP contribution in [0.4, 0.5) is 0 Å². The third-order valence-corrected chi connectivity index (χ3v) is 6.62. The second kappa shape index (κ2) is 8.41. The van der Waals surface area contributed by atoms with Crippen molar-refractivity contribution in [3.8, 4) is 23.0 Å². The number of nitrogens with one attached hydrogen (secondary N) is 1. The number of nitrogens with zero attached hydrogens (tertiary/aromatic N) is 4. The third-order valence-electron chi connectivity index (χ3n) is 6.62. The maximum atomic E-state index is 13.3. The molecule has 4 aromatic rings. The van der Waals surface area contributed by atoms with Crippen molar-refractivity contribution in [3.05, 3.63) is 89.4 Å². The second-order valence-corrected chi connectivity index (χ2v) is 8.92. The number of aromatic nitrogens is 4. The Labute approximate surface area is 197 Å². The van der Waals surface area contributed by atoms with E-state index in [9.17, 15) is 4.79 Å². The van der Waals surface area contributed by atoms with Crippen LogP contribution < -0.4 is 10.1 Å². The number of hydrogen-bond donors (Lipinski definition) is 1. The highest BCUT2D eigenvalue weighted by molar-refractivity contribution is 5.95. The summed E-state index contributed by atoms with van der Waals surface area (Å²) in [5.74, 6) is 1.42. The average molecular weight is 452 g/mol. The molecule has 0 atom stereocenters. The van der Waals surface area contributed by atoms with Gasteiger partial charge in [0, 0.05) is 23.7 Å². The molecular weight excluding hydrogens is 426 g/mol. The zero-order valence-electron chi connectivity index (χ0n) is 18.9. The van der Waals surface area contributed by atoms with Gasteiger partial charge in [0.25, 0.3) is 11.9 Å². The van der Waals surface area contributed by atoms with Crippen LogP contribution in [0.2, 0.25) is 0 Å². The van der Waals surface area contributed by atoms with Crippen LogP contribution >= 0.6 is 0 Å². The standard InChI is InChI=1S/C27H25N5O2/c1-34-24-9-5-4-8-21(24)23-12-13-28-27(31-23)32-25(17-10-11-17)22(16-29-32)26(33)30-20-14-18-6-2-3-7-19(18)15-20/h2-9,12-13,16-17,20H,10-11,14-15H2,1H3,(H,30,33). The summed E-state index contributed by atoms with van der Waals surface area (Å²) in [5.41, 5.74) is 5.76. The van der Waals surface area contributed by atoms with E-state index < -0.39 is 0 Å². The summed E-state index contributed by atoms with van der Waals surface area (Å²) in [7, 11) is 1.65. The highest BCUT2D eigenvalue weighted by Crippen LogP contribution is 2.42. The number of benzene rings is 2.